The van der Waals surface area contributed by atoms with Gasteiger partial charge in [-0.2, -0.15) is 5.10 Å². The molecule has 2 N–H and O–H groups in total. The molecule has 1 saturated carbocycles. The van der Waals surface area contributed by atoms with Gasteiger partial charge >= 0.3 is 0 Å². The molecule has 0 atom stereocenters. The summed E-state index contributed by atoms with van der Waals surface area (Å²) in [5.74, 6) is 1.83. The van der Waals surface area contributed by atoms with Gasteiger partial charge in [0.1, 0.15) is 5.82 Å². The van der Waals surface area contributed by atoms with Crippen LogP contribution < -0.4 is 5.73 Å². The number of rotatable bonds is 3. The van der Waals surface area contributed by atoms with Crippen molar-refractivity contribution in [2.45, 2.75) is 51.4 Å². The second-order valence-electron chi connectivity index (χ2n) is 6.07. The fraction of sp³-hybridized carbons (Fsp3) is 0.471. The summed E-state index contributed by atoms with van der Waals surface area (Å²) in [4.78, 5) is 0. The van der Waals surface area contributed by atoms with E-state index in [0.717, 1.165) is 11.5 Å². The molecule has 1 aromatic heterocycles. The molecule has 0 radical (unpaired) electrons. The van der Waals surface area contributed by atoms with E-state index in [1.165, 1.54) is 36.9 Å². The predicted molar refractivity (Wildman–Crippen MR) is 83.3 cm³/mol. The van der Waals surface area contributed by atoms with Crippen molar-refractivity contribution in [3.8, 4) is 5.69 Å². The molecule has 0 amide bonds. The Kier molecular flexibility index (Phi) is 3.51. The number of aromatic nitrogens is 2. The highest BCUT2D eigenvalue weighted by atomic mass is 15.3. The molecule has 1 aromatic carbocycles. The molecule has 20 heavy (non-hydrogen) atoms. The summed E-state index contributed by atoms with van der Waals surface area (Å²) in [7, 11) is 0. The number of nitrogen functional groups attached to an aromatic ring is 1. The van der Waals surface area contributed by atoms with Crippen molar-refractivity contribution >= 4 is 5.82 Å². The maximum Gasteiger partial charge on any atom is 0.130 e. The van der Waals surface area contributed by atoms with Crippen molar-refractivity contribution in [3.05, 3.63) is 41.6 Å². The van der Waals surface area contributed by atoms with Gasteiger partial charge in [-0.05, 0) is 30.9 Å². The molecule has 1 aliphatic carbocycles. The molecule has 0 unspecified atom stereocenters. The molecule has 2 aromatic rings. The van der Waals surface area contributed by atoms with E-state index < -0.39 is 0 Å². The topological polar surface area (TPSA) is 43.8 Å². The highest BCUT2D eigenvalue weighted by Crippen LogP contribution is 2.40. The van der Waals surface area contributed by atoms with Gasteiger partial charge in [0.15, 0.2) is 0 Å². The van der Waals surface area contributed by atoms with E-state index >= 15 is 0 Å². The standard InChI is InChI=1S/C17H23N3/c1-12(2)15-16(13-8-6-7-9-13)19-20(17(15)18)14-10-4-3-5-11-14/h3-5,10-13H,6-9,18H2,1-2H3. The van der Waals surface area contributed by atoms with Crippen LogP contribution in [0.25, 0.3) is 5.69 Å². The van der Waals surface area contributed by atoms with Gasteiger partial charge in [0, 0.05) is 11.5 Å². The molecular formula is C17H23N3. The Labute approximate surface area is 120 Å². The molecular weight excluding hydrogens is 246 g/mol. The first-order valence-electron chi connectivity index (χ1n) is 7.62. The number of anilines is 1. The second kappa shape index (κ2) is 5.31. The van der Waals surface area contributed by atoms with Crippen LogP contribution in [0.5, 0.6) is 0 Å². The molecule has 1 aliphatic rings. The number of benzene rings is 1. The molecule has 106 valence electrons. The van der Waals surface area contributed by atoms with E-state index in [-0.39, 0.29) is 0 Å². The zero-order valence-electron chi connectivity index (χ0n) is 12.3. The van der Waals surface area contributed by atoms with Crippen LogP contribution in [0, 0.1) is 0 Å². The maximum absolute atomic E-state index is 6.41. The lowest BCUT2D eigenvalue weighted by atomic mass is 9.94. The summed E-state index contributed by atoms with van der Waals surface area (Å²) < 4.78 is 1.92. The normalized spacial score (nSPS) is 16.1. The Morgan fingerprint density at radius 3 is 2.40 bits per heavy atom. The van der Waals surface area contributed by atoms with Gasteiger partial charge in [-0.25, -0.2) is 4.68 Å². The Morgan fingerprint density at radius 2 is 1.80 bits per heavy atom. The van der Waals surface area contributed by atoms with Gasteiger partial charge in [0.25, 0.3) is 0 Å². The highest BCUT2D eigenvalue weighted by molar-refractivity contribution is 5.52. The number of nitrogens with zero attached hydrogens (tertiary/aromatic N) is 2. The summed E-state index contributed by atoms with van der Waals surface area (Å²) in [6.07, 6.45) is 5.15. The fourth-order valence-corrected chi connectivity index (χ4v) is 3.32. The third kappa shape index (κ3) is 2.21. The smallest absolute Gasteiger partial charge is 0.130 e. The van der Waals surface area contributed by atoms with E-state index in [0.29, 0.717) is 11.8 Å². The Balaban J connectivity index is 2.10. The Bertz CT molecular complexity index is 578. The van der Waals surface area contributed by atoms with Gasteiger partial charge in [0.2, 0.25) is 0 Å². The molecule has 0 spiro atoms. The molecule has 3 rings (SSSR count). The average Bonchev–Trinajstić information content (AvgIpc) is 3.06. The maximum atomic E-state index is 6.41. The van der Waals surface area contributed by atoms with Crippen molar-refractivity contribution < 1.29 is 0 Å². The predicted octanol–water partition coefficient (Wildman–Crippen LogP) is 4.24. The average molecular weight is 269 g/mol. The number of nitrogens with two attached hydrogens (primary N) is 1. The lowest BCUT2D eigenvalue weighted by Gasteiger charge is -2.11. The first kappa shape index (κ1) is 13.2. The monoisotopic (exact) mass is 269 g/mol. The van der Waals surface area contributed by atoms with Gasteiger partial charge in [0.05, 0.1) is 11.4 Å². The van der Waals surface area contributed by atoms with Crippen LogP contribution in [0.4, 0.5) is 5.82 Å². The summed E-state index contributed by atoms with van der Waals surface area (Å²) in [5.41, 5.74) is 9.94. The van der Waals surface area contributed by atoms with E-state index in [2.05, 4.69) is 26.0 Å². The molecule has 0 bridgehead atoms. The minimum Gasteiger partial charge on any atom is -0.383 e. The third-order valence-corrected chi connectivity index (χ3v) is 4.31. The van der Waals surface area contributed by atoms with Crippen LogP contribution in [0.1, 0.15) is 62.6 Å². The zero-order valence-corrected chi connectivity index (χ0v) is 12.3. The van der Waals surface area contributed by atoms with Crippen LogP contribution in [-0.4, -0.2) is 9.78 Å². The van der Waals surface area contributed by atoms with Gasteiger partial charge in [-0.3, -0.25) is 0 Å². The van der Waals surface area contributed by atoms with E-state index in [4.69, 9.17) is 10.8 Å². The lowest BCUT2D eigenvalue weighted by Crippen LogP contribution is -2.03. The largest absolute Gasteiger partial charge is 0.383 e. The van der Waals surface area contributed by atoms with Gasteiger partial charge < -0.3 is 5.73 Å². The first-order chi connectivity index (χ1) is 9.68. The first-order valence-corrected chi connectivity index (χ1v) is 7.62. The van der Waals surface area contributed by atoms with Crippen molar-refractivity contribution in [2.24, 2.45) is 0 Å². The Hall–Kier alpha value is -1.77. The lowest BCUT2D eigenvalue weighted by molar-refractivity contribution is 0.665. The molecule has 1 fully saturated rings. The molecule has 0 saturated heterocycles. The minimum atomic E-state index is 0.420. The zero-order chi connectivity index (χ0) is 14.1. The molecule has 0 aliphatic heterocycles. The minimum absolute atomic E-state index is 0.420. The van der Waals surface area contributed by atoms with Crippen molar-refractivity contribution in [3.63, 3.8) is 0 Å². The Morgan fingerprint density at radius 1 is 1.15 bits per heavy atom. The van der Waals surface area contributed by atoms with Gasteiger partial charge in [-0.1, -0.05) is 44.9 Å². The summed E-state index contributed by atoms with van der Waals surface area (Å²) in [6.45, 7) is 4.42. The molecule has 3 heteroatoms. The van der Waals surface area contributed by atoms with Crippen molar-refractivity contribution in [1.82, 2.24) is 9.78 Å². The molecule has 3 nitrogen and oxygen atoms in total. The van der Waals surface area contributed by atoms with Crippen LogP contribution in [-0.2, 0) is 0 Å². The van der Waals surface area contributed by atoms with Crippen LogP contribution in [0.15, 0.2) is 30.3 Å². The fourth-order valence-electron chi connectivity index (χ4n) is 3.32. The van der Waals surface area contributed by atoms with Crippen LogP contribution >= 0.6 is 0 Å². The highest BCUT2D eigenvalue weighted by Gasteiger charge is 2.27. The summed E-state index contributed by atoms with van der Waals surface area (Å²) in [5, 5.41) is 4.87. The van der Waals surface area contributed by atoms with Crippen molar-refractivity contribution in [1.29, 1.82) is 0 Å². The van der Waals surface area contributed by atoms with Crippen molar-refractivity contribution in [2.75, 3.05) is 5.73 Å². The number of para-hydroxylation sites is 1. The summed E-state index contributed by atoms with van der Waals surface area (Å²) in [6, 6.07) is 10.2. The van der Waals surface area contributed by atoms with E-state index in [9.17, 15) is 0 Å². The molecule has 1 heterocycles. The quantitative estimate of drug-likeness (QED) is 0.906. The van der Waals surface area contributed by atoms with E-state index in [1.54, 1.807) is 0 Å². The van der Waals surface area contributed by atoms with E-state index in [1.807, 2.05) is 22.9 Å². The summed E-state index contributed by atoms with van der Waals surface area (Å²) >= 11 is 0. The SMILES string of the molecule is CC(C)c1c(C2CCCC2)nn(-c2ccccc2)c1N. The number of hydrogen-bond donors (Lipinski definition) is 1. The van der Waals surface area contributed by atoms with Crippen LogP contribution in [0.2, 0.25) is 0 Å². The van der Waals surface area contributed by atoms with Crippen LogP contribution in [0.3, 0.4) is 0 Å². The number of hydrogen-bond acceptors (Lipinski definition) is 2. The third-order valence-electron chi connectivity index (χ3n) is 4.31. The second-order valence-corrected chi connectivity index (χ2v) is 6.07. The van der Waals surface area contributed by atoms with Gasteiger partial charge in [-0.15, -0.1) is 0 Å².